The van der Waals surface area contributed by atoms with Crippen molar-refractivity contribution in [1.29, 1.82) is 0 Å². The molecule has 0 aliphatic carbocycles. The Kier molecular flexibility index (Phi) is 5.44. The van der Waals surface area contributed by atoms with Crippen molar-refractivity contribution in [3.05, 3.63) is 27.2 Å². The molecule has 21 heavy (non-hydrogen) atoms. The summed E-state index contributed by atoms with van der Waals surface area (Å²) in [5.41, 5.74) is -1.35. The van der Waals surface area contributed by atoms with Crippen LogP contribution in [0.3, 0.4) is 0 Å². The van der Waals surface area contributed by atoms with Crippen molar-refractivity contribution in [1.82, 2.24) is 4.31 Å². The molecule has 0 aliphatic rings. The molecule has 0 heterocycles. The van der Waals surface area contributed by atoms with Gasteiger partial charge in [0, 0.05) is 11.5 Å². The maximum atomic E-state index is 12.5. The van der Waals surface area contributed by atoms with Crippen LogP contribution in [-0.4, -0.2) is 48.1 Å². The van der Waals surface area contributed by atoms with E-state index in [1.807, 2.05) is 0 Å². The molecule has 1 aromatic rings. The summed E-state index contributed by atoms with van der Waals surface area (Å²) in [5, 5.41) is 18.3. The molecular formula is C12H15BrClNO5S. The van der Waals surface area contributed by atoms with Gasteiger partial charge in [-0.1, -0.05) is 11.6 Å². The van der Waals surface area contributed by atoms with Crippen LogP contribution in [0.5, 0.6) is 0 Å². The lowest BCUT2D eigenvalue weighted by molar-refractivity contribution is 0.0696. The molecule has 0 saturated heterocycles. The fourth-order valence-electron chi connectivity index (χ4n) is 1.45. The lowest BCUT2D eigenvalue weighted by atomic mass is 10.1. The van der Waals surface area contributed by atoms with Crippen molar-refractivity contribution < 1.29 is 23.4 Å². The van der Waals surface area contributed by atoms with E-state index in [4.69, 9.17) is 16.7 Å². The molecule has 1 aromatic carbocycles. The number of halogens is 2. The number of carbonyl (C=O) groups is 1. The third kappa shape index (κ3) is 3.57. The number of hydrogen-bond donors (Lipinski definition) is 2. The molecule has 0 radical (unpaired) electrons. The molecule has 0 aromatic heterocycles. The highest BCUT2D eigenvalue weighted by Crippen LogP contribution is 2.32. The molecule has 0 spiro atoms. The number of carboxylic acids is 1. The Bertz CT molecular complexity index is 674. The number of rotatable bonds is 5. The Balaban J connectivity index is 3.50. The lowest BCUT2D eigenvalue weighted by Gasteiger charge is -2.32. The van der Waals surface area contributed by atoms with Gasteiger partial charge in [-0.25, -0.2) is 13.2 Å². The standard InChI is InChI=1S/C12H15BrClNO5S/c1-12(2,6-16)15(3)21(19,20)7-4-8(11(17)18)10(14)9(13)5-7/h4-5,16H,6H2,1-3H3,(H,17,18). The van der Waals surface area contributed by atoms with Crippen LogP contribution in [0.1, 0.15) is 24.2 Å². The van der Waals surface area contributed by atoms with E-state index < -0.39 is 21.5 Å². The van der Waals surface area contributed by atoms with Gasteiger partial charge in [0.05, 0.1) is 27.6 Å². The summed E-state index contributed by atoms with van der Waals surface area (Å²) >= 11 is 8.88. The van der Waals surface area contributed by atoms with Crippen molar-refractivity contribution in [3.8, 4) is 0 Å². The van der Waals surface area contributed by atoms with Gasteiger partial charge in [-0.2, -0.15) is 4.31 Å². The average molecular weight is 401 g/mol. The predicted molar refractivity (Wildman–Crippen MR) is 82.2 cm³/mol. The minimum atomic E-state index is -3.98. The molecule has 118 valence electrons. The van der Waals surface area contributed by atoms with Crippen LogP contribution in [0, 0.1) is 0 Å². The Morgan fingerprint density at radius 2 is 1.95 bits per heavy atom. The first kappa shape index (κ1) is 18.4. The van der Waals surface area contributed by atoms with Gasteiger partial charge in [-0.05, 0) is 41.9 Å². The van der Waals surface area contributed by atoms with Crippen molar-refractivity contribution in [2.45, 2.75) is 24.3 Å². The second kappa shape index (κ2) is 6.21. The zero-order valence-electron chi connectivity index (χ0n) is 11.6. The second-order valence-electron chi connectivity index (χ2n) is 5.01. The Morgan fingerprint density at radius 3 is 2.38 bits per heavy atom. The highest BCUT2D eigenvalue weighted by molar-refractivity contribution is 9.10. The minimum absolute atomic E-state index is 0.0782. The Labute approximate surface area is 136 Å². The van der Waals surface area contributed by atoms with E-state index in [9.17, 15) is 18.3 Å². The highest BCUT2D eigenvalue weighted by Gasteiger charge is 2.34. The van der Waals surface area contributed by atoms with Crippen molar-refractivity contribution in [3.63, 3.8) is 0 Å². The summed E-state index contributed by atoms with van der Waals surface area (Å²) < 4.78 is 26.2. The molecular weight excluding hydrogens is 386 g/mol. The molecule has 9 heteroatoms. The SMILES string of the molecule is CN(C(C)(C)CO)S(=O)(=O)c1cc(Br)c(Cl)c(C(=O)O)c1. The fourth-order valence-corrected chi connectivity index (χ4v) is 3.81. The molecule has 0 saturated carbocycles. The Hall–Kier alpha value is -0.670. The van der Waals surface area contributed by atoms with Crippen molar-refractivity contribution >= 4 is 43.5 Å². The molecule has 0 unspecified atom stereocenters. The number of likely N-dealkylation sites (N-methyl/N-ethyl adjacent to an activating group) is 1. The molecule has 2 N–H and O–H groups in total. The summed E-state index contributed by atoms with van der Waals surface area (Å²) in [7, 11) is -2.67. The lowest BCUT2D eigenvalue weighted by Crippen LogP contribution is -2.47. The first-order valence-corrected chi connectivity index (χ1v) is 8.38. The molecule has 0 bridgehead atoms. The fraction of sp³-hybridized carbons (Fsp3) is 0.417. The van der Waals surface area contributed by atoms with Crippen LogP contribution in [0.4, 0.5) is 0 Å². The average Bonchev–Trinajstić information content (AvgIpc) is 2.40. The number of hydrogen-bond acceptors (Lipinski definition) is 4. The van der Waals surface area contributed by atoms with Crippen molar-refractivity contribution in [2.24, 2.45) is 0 Å². The molecule has 0 atom stereocenters. The first-order chi connectivity index (χ1) is 9.45. The maximum absolute atomic E-state index is 12.5. The highest BCUT2D eigenvalue weighted by atomic mass is 79.9. The molecule has 1 rings (SSSR count). The van der Waals surface area contributed by atoms with E-state index in [-0.39, 0.29) is 26.6 Å². The maximum Gasteiger partial charge on any atom is 0.337 e. The molecule has 0 fully saturated rings. The Morgan fingerprint density at radius 1 is 1.43 bits per heavy atom. The third-order valence-corrected chi connectivity index (χ3v) is 6.44. The van der Waals surface area contributed by atoms with Crippen LogP contribution in [0.2, 0.25) is 5.02 Å². The number of benzene rings is 1. The van der Waals surface area contributed by atoms with Gasteiger partial charge in [0.25, 0.3) is 0 Å². The van der Waals surface area contributed by atoms with E-state index in [0.29, 0.717) is 0 Å². The zero-order valence-corrected chi connectivity index (χ0v) is 14.8. The zero-order chi connectivity index (χ0) is 16.6. The van der Waals surface area contributed by atoms with Crippen LogP contribution in [0.25, 0.3) is 0 Å². The number of aliphatic hydroxyl groups excluding tert-OH is 1. The third-order valence-electron chi connectivity index (χ3n) is 3.13. The van der Waals surface area contributed by atoms with Gasteiger partial charge in [0.15, 0.2) is 0 Å². The first-order valence-electron chi connectivity index (χ1n) is 5.77. The van der Waals surface area contributed by atoms with Crippen LogP contribution >= 0.6 is 27.5 Å². The number of carboxylic acid groups (broad SMARTS) is 1. The summed E-state index contributed by atoms with van der Waals surface area (Å²) in [6, 6.07) is 2.22. The van der Waals surface area contributed by atoms with Gasteiger partial charge >= 0.3 is 5.97 Å². The van der Waals surface area contributed by atoms with Crippen molar-refractivity contribution in [2.75, 3.05) is 13.7 Å². The predicted octanol–water partition coefficient (Wildman–Crippen LogP) is 2.19. The van der Waals surface area contributed by atoms with Gasteiger partial charge in [-0.15, -0.1) is 0 Å². The summed E-state index contributed by atoms with van der Waals surface area (Å²) in [6.45, 7) is 2.71. The molecule has 0 aliphatic heterocycles. The molecule has 6 nitrogen and oxygen atoms in total. The quantitative estimate of drug-likeness (QED) is 0.790. The van der Waals surface area contributed by atoms with E-state index in [1.165, 1.54) is 13.1 Å². The number of aromatic carboxylic acids is 1. The van der Waals surface area contributed by atoms with E-state index in [2.05, 4.69) is 15.9 Å². The normalized spacial score (nSPS) is 12.7. The second-order valence-corrected chi connectivity index (χ2v) is 8.22. The van der Waals surface area contributed by atoms with E-state index >= 15 is 0 Å². The van der Waals surface area contributed by atoms with E-state index in [1.54, 1.807) is 13.8 Å². The van der Waals surface area contributed by atoms with Crippen LogP contribution < -0.4 is 0 Å². The summed E-state index contributed by atoms with van der Waals surface area (Å²) in [6.07, 6.45) is 0. The van der Waals surface area contributed by atoms with Crippen LogP contribution in [0.15, 0.2) is 21.5 Å². The number of sulfonamides is 1. The minimum Gasteiger partial charge on any atom is -0.478 e. The number of aliphatic hydroxyl groups is 1. The van der Waals surface area contributed by atoms with Gasteiger partial charge in [0.2, 0.25) is 10.0 Å². The van der Waals surface area contributed by atoms with Crippen LogP contribution in [-0.2, 0) is 10.0 Å². The largest absolute Gasteiger partial charge is 0.478 e. The van der Waals surface area contributed by atoms with Gasteiger partial charge in [-0.3, -0.25) is 0 Å². The number of nitrogens with zero attached hydrogens (tertiary/aromatic N) is 1. The van der Waals surface area contributed by atoms with Gasteiger partial charge in [0.1, 0.15) is 0 Å². The molecule has 0 amide bonds. The smallest absolute Gasteiger partial charge is 0.337 e. The monoisotopic (exact) mass is 399 g/mol. The summed E-state index contributed by atoms with van der Waals surface area (Å²) in [5.74, 6) is -1.33. The summed E-state index contributed by atoms with van der Waals surface area (Å²) in [4.78, 5) is 10.9. The van der Waals surface area contributed by atoms with E-state index in [0.717, 1.165) is 10.4 Å². The topological polar surface area (TPSA) is 94.9 Å². The van der Waals surface area contributed by atoms with Gasteiger partial charge < -0.3 is 10.2 Å².